The fourth-order valence-electron chi connectivity index (χ4n) is 3.52. The average molecular weight is 368 g/mol. The van der Waals surface area contributed by atoms with Crippen molar-refractivity contribution in [2.75, 3.05) is 31.6 Å². The monoisotopic (exact) mass is 368 g/mol. The fourth-order valence-corrected chi connectivity index (χ4v) is 3.52. The number of piperidine rings is 1. The van der Waals surface area contributed by atoms with Gasteiger partial charge in [0.1, 0.15) is 0 Å². The molecular weight excluding hydrogens is 340 g/mol. The number of hydrogen-bond donors (Lipinski definition) is 0. The molecule has 1 aromatic carbocycles. The van der Waals surface area contributed by atoms with Crippen molar-refractivity contribution >= 4 is 11.9 Å². The molecule has 27 heavy (non-hydrogen) atoms. The Morgan fingerprint density at radius 2 is 2.00 bits per heavy atom. The van der Waals surface area contributed by atoms with Gasteiger partial charge in [-0.3, -0.25) is 4.79 Å². The summed E-state index contributed by atoms with van der Waals surface area (Å²) >= 11 is 0. The lowest BCUT2D eigenvalue weighted by Gasteiger charge is -2.34. The number of ether oxygens (including phenoxy) is 1. The Hall–Kier alpha value is -2.63. The van der Waals surface area contributed by atoms with Crippen LogP contribution in [0.1, 0.15) is 30.9 Å². The first-order chi connectivity index (χ1) is 13.1. The quantitative estimate of drug-likeness (QED) is 0.784. The Morgan fingerprint density at radius 1 is 1.26 bits per heavy atom. The standard InChI is InChI=1S/C21H28N4O2/c1-4-24(15-18-8-6-5-7-16(18)2)20(26)17-10-13-25(14-11-17)21-22-12-9-19(23-21)27-3/h5-9,12,17H,4,10-11,13-15H2,1-3H3. The SMILES string of the molecule is CCN(Cc1ccccc1C)C(=O)C1CCN(c2nccc(OC)n2)CC1. The summed E-state index contributed by atoms with van der Waals surface area (Å²) in [5, 5.41) is 0. The number of aromatic nitrogens is 2. The van der Waals surface area contributed by atoms with Gasteiger partial charge >= 0.3 is 0 Å². The number of amides is 1. The van der Waals surface area contributed by atoms with E-state index in [1.165, 1.54) is 11.1 Å². The third kappa shape index (κ3) is 4.56. The first-order valence-corrected chi connectivity index (χ1v) is 9.57. The third-order valence-corrected chi connectivity index (χ3v) is 5.27. The number of nitrogens with zero attached hydrogens (tertiary/aromatic N) is 4. The van der Waals surface area contributed by atoms with E-state index in [0.717, 1.165) is 32.5 Å². The molecule has 1 fully saturated rings. The summed E-state index contributed by atoms with van der Waals surface area (Å²) in [4.78, 5) is 25.9. The number of anilines is 1. The second kappa shape index (κ2) is 8.84. The molecule has 0 radical (unpaired) electrons. The van der Waals surface area contributed by atoms with Crippen molar-refractivity contribution in [2.45, 2.75) is 33.2 Å². The zero-order valence-corrected chi connectivity index (χ0v) is 16.4. The normalized spacial score (nSPS) is 14.9. The molecule has 0 N–H and O–H groups in total. The van der Waals surface area contributed by atoms with Gasteiger partial charge in [-0.2, -0.15) is 4.98 Å². The highest BCUT2D eigenvalue weighted by Gasteiger charge is 2.29. The number of methoxy groups -OCH3 is 1. The zero-order valence-electron chi connectivity index (χ0n) is 16.4. The van der Waals surface area contributed by atoms with Crippen LogP contribution in [0.4, 0.5) is 5.95 Å². The van der Waals surface area contributed by atoms with Crippen molar-refractivity contribution < 1.29 is 9.53 Å². The van der Waals surface area contributed by atoms with Gasteiger partial charge in [0.15, 0.2) is 0 Å². The summed E-state index contributed by atoms with van der Waals surface area (Å²) in [7, 11) is 1.60. The van der Waals surface area contributed by atoms with Crippen molar-refractivity contribution in [3.05, 3.63) is 47.7 Å². The molecule has 0 aliphatic carbocycles. The summed E-state index contributed by atoms with van der Waals surface area (Å²) in [6, 6.07) is 10.0. The van der Waals surface area contributed by atoms with Crippen LogP contribution >= 0.6 is 0 Å². The molecule has 2 heterocycles. The molecule has 2 aromatic rings. The summed E-state index contributed by atoms with van der Waals surface area (Å²) in [6.07, 6.45) is 3.35. The molecule has 1 aliphatic rings. The van der Waals surface area contributed by atoms with Crippen LogP contribution < -0.4 is 9.64 Å². The van der Waals surface area contributed by atoms with Gasteiger partial charge in [0.25, 0.3) is 0 Å². The van der Waals surface area contributed by atoms with Gasteiger partial charge < -0.3 is 14.5 Å². The maximum Gasteiger partial charge on any atom is 0.228 e. The predicted molar refractivity (Wildman–Crippen MR) is 106 cm³/mol. The van der Waals surface area contributed by atoms with Crippen LogP contribution in [0.15, 0.2) is 36.5 Å². The molecule has 3 rings (SSSR count). The van der Waals surface area contributed by atoms with Crippen LogP contribution in [0.5, 0.6) is 5.88 Å². The van der Waals surface area contributed by atoms with Crippen LogP contribution in [-0.2, 0) is 11.3 Å². The second-order valence-electron chi connectivity index (χ2n) is 6.94. The molecule has 1 aromatic heterocycles. The van der Waals surface area contributed by atoms with Crippen LogP contribution in [0.2, 0.25) is 0 Å². The maximum atomic E-state index is 13.0. The smallest absolute Gasteiger partial charge is 0.228 e. The molecule has 0 unspecified atom stereocenters. The van der Waals surface area contributed by atoms with E-state index in [-0.39, 0.29) is 11.8 Å². The number of benzene rings is 1. The van der Waals surface area contributed by atoms with Crippen molar-refractivity contribution in [3.8, 4) is 5.88 Å². The Kier molecular flexibility index (Phi) is 6.27. The lowest BCUT2D eigenvalue weighted by molar-refractivity contribution is -0.136. The van der Waals surface area contributed by atoms with E-state index in [2.05, 4.69) is 40.8 Å². The molecule has 0 atom stereocenters. The van der Waals surface area contributed by atoms with E-state index < -0.39 is 0 Å². The summed E-state index contributed by atoms with van der Waals surface area (Å²) in [5.41, 5.74) is 2.45. The molecule has 0 saturated carbocycles. The van der Waals surface area contributed by atoms with Crippen molar-refractivity contribution in [1.29, 1.82) is 0 Å². The maximum absolute atomic E-state index is 13.0. The van der Waals surface area contributed by atoms with Crippen LogP contribution in [-0.4, -0.2) is 47.5 Å². The second-order valence-corrected chi connectivity index (χ2v) is 6.94. The highest BCUT2D eigenvalue weighted by atomic mass is 16.5. The minimum atomic E-state index is 0.0656. The molecule has 1 saturated heterocycles. The summed E-state index contributed by atoms with van der Waals surface area (Å²) in [6.45, 7) is 7.13. The van der Waals surface area contributed by atoms with E-state index in [9.17, 15) is 4.79 Å². The molecule has 6 nitrogen and oxygen atoms in total. The highest BCUT2D eigenvalue weighted by Crippen LogP contribution is 2.24. The van der Waals surface area contributed by atoms with Gasteiger partial charge in [-0.1, -0.05) is 24.3 Å². The zero-order chi connectivity index (χ0) is 19.2. The number of hydrogen-bond acceptors (Lipinski definition) is 5. The van der Waals surface area contributed by atoms with Crippen molar-refractivity contribution in [3.63, 3.8) is 0 Å². The van der Waals surface area contributed by atoms with E-state index in [1.807, 2.05) is 17.0 Å². The minimum absolute atomic E-state index is 0.0656. The predicted octanol–water partition coefficient (Wildman–Crippen LogP) is 3.06. The summed E-state index contributed by atoms with van der Waals surface area (Å²) in [5.74, 6) is 1.56. The van der Waals surface area contributed by atoms with Crippen molar-refractivity contribution in [1.82, 2.24) is 14.9 Å². The Morgan fingerprint density at radius 3 is 2.67 bits per heavy atom. The Bertz CT molecular complexity index is 772. The first kappa shape index (κ1) is 19.1. The largest absolute Gasteiger partial charge is 0.481 e. The van der Waals surface area contributed by atoms with Crippen LogP contribution in [0.25, 0.3) is 0 Å². The summed E-state index contributed by atoms with van der Waals surface area (Å²) < 4.78 is 5.18. The fraction of sp³-hybridized carbons (Fsp3) is 0.476. The molecule has 144 valence electrons. The van der Waals surface area contributed by atoms with Crippen molar-refractivity contribution in [2.24, 2.45) is 5.92 Å². The molecular formula is C21H28N4O2. The molecule has 0 bridgehead atoms. The Labute approximate surface area is 161 Å². The van der Waals surface area contributed by atoms with Gasteiger partial charge in [0.2, 0.25) is 17.7 Å². The molecule has 1 aliphatic heterocycles. The lowest BCUT2D eigenvalue weighted by atomic mass is 9.95. The minimum Gasteiger partial charge on any atom is -0.481 e. The average Bonchev–Trinajstić information content (AvgIpc) is 2.73. The molecule has 0 spiro atoms. The van der Waals surface area contributed by atoms with Gasteiger partial charge in [-0.25, -0.2) is 4.98 Å². The number of aryl methyl sites for hydroxylation is 1. The van der Waals surface area contributed by atoms with Gasteiger partial charge in [-0.05, 0) is 37.8 Å². The third-order valence-electron chi connectivity index (χ3n) is 5.27. The lowest BCUT2D eigenvalue weighted by Crippen LogP contribution is -2.42. The highest BCUT2D eigenvalue weighted by molar-refractivity contribution is 5.79. The van der Waals surface area contributed by atoms with E-state index in [4.69, 9.17) is 4.74 Å². The Balaban J connectivity index is 1.60. The van der Waals surface area contributed by atoms with E-state index in [1.54, 1.807) is 19.4 Å². The first-order valence-electron chi connectivity index (χ1n) is 9.57. The number of rotatable bonds is 6. The topological polar surface area (TPSA) is 58.6 Å². The van der Waals surface area contributed by atoms with Crippen LogP contribution in [0, 0.1) is 12.8 Å². The van der Waals surface area contributed by atoms with E-state index in [0.29, 0.717) is 18.4 Å². The number of carbonyl (C=O) groups excluding carboxylic acids is 1. The van der Waals surface area contributed by atoms with Gasteiger partial charge in [-0.15, -0.1) is 0 Å². The molecule has 1 amide bonds. The molecule has 6 heteroatoms. The number of carbonyl (C=O) groups is 1. The van der Waals surface area contributed by atoms with E-state index >= 15 is 0 Å². The van der Waals surface area contributed by atoms with Crippen LogP contribution in [0.3, 0.4) is 0 Å². The van der Waals surface area contributed by atoms with Gasteiger partial charge in [0, 0.05) is 44.4 Å². The van der Waals surface area contributed by atoms with Gasteiger partial charge in [0.05, 0.1) is 7.11 Å².